The maximum Gasteiger partial charge on any atom is 0.0954 e. The summed E-state index contributed by atoms with van der Waals surface area (Å²) in [4.78, 5) is 0. The summed E-state index contributed by atoms with van der Waals surface area (Å²) >= 11 is 12.0. The first-order chi connectivity index (χ1) is 9.15. The fraction of sp³-hybridized carbons (Fsp3) is 0.600. The summed E-state index contributed by atoms with van der Waals surface area (Å²) in [6.45, 7) is 6.21. The predicted molar refractivity (Wildman–Crippen MR) is 81.0 cm³/mol. The summed E-state index contributed by atoms with van der Waals surface area (Å²) in [5.41, 5.74) is 1.09. The van der Waals surface area contributed by atoms with Crippen LogP contribution in [0.2, 0.25) is 10.0 Å². The molecule has 0 spiro atoms. The Kier molecular flexibility index (Phi) is 5.52. The Hall–Kier alpha value is -0.280. The lowest BCUT2D eigenvalue weighted by Gasteiger charge is -2.35. The Balaban J connectivity index is 2.10. The monoisotopic (exact) mass is 301 g/mol. The molecule has 1 aromatic carbocycles. The number of hydrogen-bond donors (Lipinski definition) is 1. The van der Waals surface area contributed by atoms with Crippen LogP contribution in [0.5, 0.6) is 0 Å². The normalized spacial score (nSPS) is 23.8. The van der Waals surface area contributed by atoms with Crippen molar-refractivity contribution < 1.29 is 4.74 Å². The highest BCUT2D eigenvalue weighted by molar-refractivity contribution is 6.42. The van der Waals surface area contributed by atoms with Gasteiger partial charge in [0.1, 0.15) is 0 Å². The molecule has 1 N–H and O–H groups in total. The molecule has 2 unspecified atom stereocenters. The molecule has 0 saturated carbocycles. The van der Waals surface area contributed by atoms with Crippen LogP contribution in [-0.4, -0.2) is 19.2 Å². The maximum absolute atomic E-state index is 6.25. The van der Waals surface area contributed by atoms with Crippen molar-refractivity contribution in [1.82, 2.24) is 5.32 Å². The third-order valence-electron chi connectivity index (χ3n) is 3.90. The van der Waals surface area contributed by atoms with E-state index in [-0.39, 0.29) is 12.2 Å². The molecule has 1 heterocycles. The van der Waals surface area contributed by atoms with Crippen molar-refractivity contribution in [1.29, 1.82) is 0 Å². The van der Waals surface area contributed by atoms with E-state index in [2.05, 4.69) is 19.2 Å². The number of ether oxygens (including phenoxy) is 1. The van der Waals surface area contributed by atoms with Gasteiger partial charge in [0.2, 0.25) is 0 Å². The van der Waals surface area contributed by atoms with Crippen molar-refractivity contribution >= 4 is 23.2 Å². The fourth-order valence-electron chi connectivity index (χ4n) is 2.67. The van der Waals surface area contributed by atoms with Crippen molar-refractivity contribution in [3.05, 3.63) is 33.8 Å². The lowest BCUT2D eigenvalue weighted by atomic mass is 9.94. The van der Waals surface area contributed by atoms with Gasteiger partial charge in [0.25, 0.3) is 0 Å². The molecule has 0 aromatic heterocycles. The average Bonchev–Trinajstić information content (AvgIpc) is 2.44. The van der Waals surface area contributed by atoms with Gasteiger partial charge in [-0.05, 0) is 23.6 Å². The van der Waals surface area contributed by atoms with Gasteiger partial charge >= 0.3 is 0 Å². The molecule has 0 amide bonds. The molecule has 1 aromatic rings. The molecule has 19 heavy (non-hydrogen) atoms. The second kappa shape index (κ2) is 6.94. The molecule has 106 valence electrons. The second-order valence-corrected chi connectivity index (χ2v) is 5.89. The van der Waals surface area contributed by atoms with E-state index in [0.29, 0.717) is 16.0 Å². The highest BCUT2D eigenvalue weighted by Gasteiger charge is 2.28. The molecule has 0 bridgehead atoms. The van der Waals surface area contributed by atoms with Crippen LogP contribution in [0.15, 0.2) is 18.2 Å². The zero-order valence-electron chi connectivity index (χ0n) is 11.5. The van der Waals surface area contributed by atoms with Gasteiger partial charge in [-0.25, -0.2) is 0 Å². The van der Waals surface area contributed by atoms with E-state index in [4.69, 9.17) is 27.9 Å². The molecule has 1 fully saturated rings. The number of nitrogens with one attached hydrogen (secondary N) is 1. The van der Waals surface area contributed by atoms with Crippen LogP contribution < -0.4 is 5.32 Å². The number of morpholine rings is 1. The predicted octanol–water partition coefficient (Wildman–Crippen LogP) is 4.46. The van der Waals surface area contributed by atoms with Crippen molar-refractivity contribution in [2.24, 2.45) is 5.92 Å². The van der Waals surface area contributed by atoms with E-state index in [1.807, 2.05) is 18.2 Å². The Morgan fingerprint density at radius 3 is 2.58 bits per heavy atom. The standard InChI is InChI=1S/C15H21Cl2NO/c1-3-10(4-2)14-8-18-9-15(19-14)11-5-6-12(16)13(17)7-11/h5-7,10,14-15,18H,3-4,8-9H2,1-2H3. The first-order valence-electron chi connectivity index (χ1n) is 6.96. The zero-order valence-corrected chi connectivity index (χ0v) is 13.0. The van der Waals surface area contributed by atoms with E-state index in [9.17, 15) is 0 Å². The third kappa shape index (κ3) is 3.63. The van der Waals surface area contributed by atoms with Crippen LogP contribution in [0.25, 0.3) is 0 Å². The molecule has 1 aliphatic heterocycles. The largest absolute Gasteiger partial charge is 0.367 e. The topological polar surface area (TPSA) is 21.3 Å². The maximum atomic E-state index is 6.25. The van der Waals surface area contributed by atoms with Crippen molar-refractivity contribution in [3.8, 4) is 0 Å². The number of halogens is 2. The molecular formula is C15H21Cl2NO. The lowest BCUT2D eigenvalue weighted by molar-refractivity contribution is -0.0688. The molecule has 2 atom stereocenters. The number of hydrogen-bond acceptors (Lipinski definition) is 2. The highest BCUT2D eigenvalue weighted by atomic mass is 35.5. The number of rotatable bonds is 4. The van der Waals surface area contributed by atoms with E-state index in [0.717, 1.165) is 31.5 Å². The summed E-state index contributed by atoms with van der Waals surface area (Å²) in [6, 6.07) is 5.74. The molecule has 1 saturated heterocycles. The van der Waals surface area contributed by atoms with E-state index >= 15 is 0 Å². The van der Waals surface area contributed by atoms with Gasteiger partial charge in [-0.1, -0.05) is 56.0 Å². The SMILES string of the molecule is CCC(CC)C1CNCC(c2ccc(Cl)c(Cl)c2)O1. The van der Waals surface area contributed by atoms with Gasteiger partial charge in [-0.15, -0.1) is 0 Å². The van der Waals surface area contributed by atoms with Crippen LogP contribution in [0.3, 0.4) is 0 Å². The van der Waals surface area contributed by atoms with Crippen LogP contribution in [0.1, 0.15) is 38.4 Å². The van der Waals surface area contributed by atoms with E-state index in [1.165, 1.54) is 0 Å². The minimum absolute atomic E-state index is 0.0640. The summed E-state index contributed by atoms with van der Waals surface area (Å²) in [6.07, 6.45) is 2.64. The van der Waals surface area contributed by atoms with Gasteiger partial charge in [0.05, 0.1) is 22.3 Å². The zero-order chi connectivity index (χ0) is 13.8. The van der Waals surface area contributed by atoms with Gasteiger partial charge in [-0.2, -0.15) is 0 Å². The molecule has 1 aliphatic rings. The highest BCUT2D eigenvalue weighted by Crippen LogP contribution is 2.30. The Morgan fingerprint density at radius 2 is 1.95 bits per heavy atom. The molecule has 0 radical (unpaired) electrons. The van der Waals surface area contributed by atoms with Gasteiger partial charge in [-0.3, -0.25) is 0 Å². The lowest BCUT2D eigenvalue weighted by Crippen LogP contribution is -2.44. The van der Waals surface area contributed by atoms with Crippen molar-refractivity contribution in [3.63, 3.8) is 0 Å². The summed E-state index contributed by atoms with van der Waals surface area (Å²) < 4.78 is 6.25. The minimum Gasteiger partial charge on any atom is -0.367 e. The van der Waals surface area contributed by atoms with Crippen molar-refractivity contribution in [2.75, 3.05) is 13.1 Å². The average molecular weight is 302 g/mol. The fourth-order valence-corrected chi connectivity index (χ4v) is 2.97. The minimum atomic E-state index is 0.0640. The smallest absolute Gasteiger partial charge is 0.0954 e. The molecule has 2 nitrogen and oxygen atoms in total. The Morgan fingerprint density at radius 1 is 1.21 bits per heavy atom. The van der Waals surface area contributed by atoms with E-state index < -0.39 is 0 Å². The van der Waals surface area contributed by atoms with E-state index in [1.54, 1.807) is 0 Å². The van der Waals surface area contributed by atoms with Gasteiger partial charge in [0, 0.05) is 13.1 Å². The van der Waals surface area contributed by atoms with Gasteiger partial charge in [0.15, 0.2) is 0 Å². The molecule has 0 aliphatic carbocycles. The second-order valence-electron chi connectivity index (χ2n) is 5.07. The van der Waals surface area contributed by atoms with Crippen LogP contribution in [-0.2, 0) is 4.74 Å². The Labute approximate surface area is 125 Å². The van der Waals surface area contributed by atoms with Crippen molar-refractivity contribution in [2.45, 2.75) is 38.9 Å². The van der Waals surface area contributed by atoms with Crippen LogP contribution >= 0.6 is 23.2 Å². The summed E-state index contributed by atoms with van der Waals surface area (Å²) in [5, 5.41) is 4.64. The summed E-state index contributed by atoms with van der Waals surface area (Å²) in [5.74, 6) is 0.609. The first kappa shape index (κ1) is 15.1. The molecule has 4 heteroatoms. The van der Waals surface area contributed by atoms with Gasteiger partial charge < -0.3 is 10.1 Å². The third-order valence-corrected chi connectivity index (χ3v) is 4.64. The summed E-state index contributed by atoms with van der Waals surface area (Å²) in [7, 11) is 0. The first-order valence-corrected chi connectivity index (χ1v) is 7.72. The number of benzene rings is 1. The Bertz CT molecular complexity index is 421. The van der Waals surface area contributed by atoms with Crippen LogP contribution in [0.4, 0.5) is 0 Å². The molecular weight excluding hydrogens is 281 g/mol. The quantitative estimate of drug-likeness (QED) is 0.886. The van der Waals surface area contributed by atoms with Crippen LogP contribution in [0, 0.1) is 5.92 Å². The molecule has 2 rings (SSSR count).